The molecule has 2 N–H and O–H groups in total. The van der Waals surface area contributed by atoms with Gasteiger partial charge in [0.15, 0.2) is 5.82 Å². The smallest absolute Gasteiger partial charge is 0.163 e. The molecule has 4 aromatic heterocycles. The molecular weight excluding hydrogens is 388 g/mol. The molecule has 0 amide bonds. The first-order chi connectivity index (χ1) is 15.3. The van der Waals surface area contributed by atoms with Gasteiger partial charge in [0, 0.05) is 60.6 Å². The SMILES string of the molecule is N#CC[C@H]1CN(c2nc(-c3ccnc4[nH]ccc34)nc3cncc(C4CC4)c23)CCN1. The van der Waals surface area contributed by atoms with Crippen LogP contribution in [0.3, 0.4) is 0 Å². The van der Waals surface area contributed by atoms with Crippen LogP contribution in [0.5, 0.6) is 0 Å². The summed E-state index contributed by atoms with van der Waals surface area (Å²) >= 11 is 0. The minimum Gasteiger partial charge on any atom is -0.353 e. The predicted molar refractivity (Wildman–Crippen MR) is 119 cm³/mol. The van der Waals surface area contributed by atoms with Gasteiger partial charge in [-0.1, -0.05) is 0 Å². The number of fused-ring (bicyclic) bond motifs is 2. The topological polar surface area (TPSA) is 106 Å². The van der Waals surface area contributed by atoms with Gasteiger partial charge < -0.3 is 15.2 Å². The highest BCUT2D eigenvalue weighted by molar-refractivity contribution is 5.97. The van der Waals surface area contributed by atoms with Crippen molar-refractivity contribution in [2.45, 2.75) is 31.2 Å². The van der Waals surface area contributed by atoms with Crippen molar-refractivity contribution < 1.29 is 0 Å². The second-order valence-corrected chi connectivity index (χ2v) is 8.33. The molecule has 1 atom stereocenters. The molecule has 1 saturated carbocycles. The number of rotatable bonds is 4. The lowest BCUT2D eigenvalue weighted by Crippen LogP contribution is -2.51. The highest BCUT2D eigenvalue weighted by atomic mass is 15.3. The standard InChI is InChI=1S/C23H22N8/c24-6-3-15-13-31(10-9-26-15)23-20-18(14-1-2-14)11-25-12-19(20)29-22(30-23)17-5-8-28-21-16(17)4-7-27-21/h4-5,7-8,11-12,14-15,26H,1-3,9-10,13H2,(H,27,28)/t15-/m0/s1. The van der Waals surface area contributed by atoms with Gasteiger partial charge in [-0.2, -0.15) is 5.26 Å². The number of nitrogens with zero attached hydrogens (tertiary/aromatic N) is 6. The summed E-state index contributed by atoms with van der Waals surface area (Å²) in [5, 5.41) is 14.8. The number of pyridine rings is 2. The number of hydrogen-bond donors (Lipinski definition) is 2. The van der Waals surface area contributed by atoms with Gasteiger partial charge in [0.05, 0.1) is 24.2 Å². The van der Waals surface area contributed by atoms with Crippen molar-refractivity contribution in [1.29, 1.82) is 5.26 Å². The van der Waals surface area contributed by atoms with Crippen molar-refractivity contribution >= 4 is 27.8 Å². The van der Waals surface area contributed by atoms with Gasteiger partial charge in [-0.25, -0.2) is 15.0 Å². The zero-order chi connectivity index (χ0) is 20.8. The minimum absolute atomic E-state index is 0.135. The number of nitrogens with one attached hydrogen (secondary N) is 2. The number of aromatic nitrogens is 5. The van der Waals surface area contributed by atoms with Crippen LogP contribution in [-0.4, -0.2) is 50.6 Å². The summed E-state index contributed by atoms with van der Waals surface area (Å²) < 4.78 is 0. The van der Waals surface area contributed by atoms with Crippen LogP contribution in [0.15, 0.2) is 36.9 Å². The predicted octanol–water partition coefficient (Wildman–Crippen LogP) is 3.14. The Balaban J connectivity index is 1.56. The number of hydrogen-bond acceptors (Lipinski definition) is 7. The molecule has 31 heavy (non-hydrogen) atoms. The van der Waals surface area contributed by atoms with E-state index in [1.165, 1.54) is 18.4 Å². The molecule has 0 radical (unpaired) electrons. The van der Waals surface area contributed by atoms with Crippen molar-refractivity contribution in [3.63, 3.8) is 0 Å². The van der Waals surface area contributed by atoms with Crippen molar-refractivity contribution in [3.05, 3.63) is 42.5 Å². The Labute approximate surface area is 179 Å². The number of piperazine rings is 1. The molecule has 8 nitrogen and oxygen atoms in total. The van der Waals surface area contributed by atoms with Crippen LogP contribution in [0.25, 0.3) is 33.3 Å². The molecule has 1 aliphatic carbocycles. The molecule has 1 aliphatic heterocycles. The summed E-state index contributed by atoms with van der Waals surface area (Å²) in [7, 11) is 0. The summed E-state index contributed by atoms with van der Waals surface area (Å²) in [6, 6.07) is 6.41. The molecule has 0 unspecified atom stereocenters. The van der Waals surface area contributed by atoms with Crippen LogP contribution in [0.4, 0.5) is 5.82 Å². The molecule has 2 aliphatic rings. The molecular formula is C23H22N8. The molecule has 154 valence electrons. The average Bonchev–Trinajstić information content (AvgIpc) is 3.54. The normalized spacial score (nSPS) is 19.1. The molecule has 4 aromatic rings. The van der Waals surface area contributed by atoms with Gasteiger partial charge in [-0.05, 0) is 36.5 Å². The summed E-state index contributed by atoms with van der Waals surface area (Å²) in [5.41, 5.74) is 3.90. The monoisotopic (exact) mass is 410 g/mol. The Hall–Kier alpha value is -3.57. The van der Waals surface area contributed by atoms with Crippen LogP contribution in [0, 0.1) is 11.3 Å². The third kappa shape index (κ3) is 3.18. The first-order valence-electron chi connectivity index (χ1n) is 10.7. The minimum atomic E-state index is 0.135. The Morgan fingerprint density at radius 3 is 3.00 bits per heavy atom. The maximum absolute atomic E-state index is 9.19. The lowest BCUT2D eigenvalue weighted by molar-refractivity contribution is 0.461. The fraction of sp³-hybridized carbons (Fsp3) is 0.348. The highest BCUT2D eigenvalue weighted by Gasteiger charge is 2.30. The second-order valence-electron chi connectivity index (χ2n) is 8.33. The van der Waals surface area contributed by atoms with E-state index in [0.717, 1.165) is 53.0 Å². The van der Waals surface area contributed by atoms with Crippen molar-refractivity contribution in [1.82, 2.24) is 30.2 Å². The zero-order valence-electron chi connectivity index (χ0n) is 17.0. The van der Waals surface area contributed by atoms with Gasteiger partial charge in [-0.15, -0.1) is 0 Å². The molecule has 8 heteroatoms. The quantitative estimate of drug-likeness (QED) is 0.532. The van der Waals surface area contributed by atoms with E-state index in [4.69, 9.17) is 9.97 Å². The molecule has 5 heterocycles. The number of nitriles is 1. The largest absolute Gasteiger partial charge is 0.353 e. The summed E-state index contributed by atoms with van der Waals surface area (Å²) in [5.74, 6) is 2.17. The summed E-state index contributed by atoms with van der Waals surface area (Å²) in [6.07, 6.45) is 10.4. The highest BCUT2D eigenvalue weighted by Crippen LogP contribution is 2.45. The Kier molecular flexibility index (Phi) is 4.28. The number of anilines is 1. The number of aromatic amines is 1. The molecule has 0 spiro atoms. The molecule has 2 fully saturated rings. The van der Waals surface area contributed by atoms with E-state index in [1.807, 2.05) is 30.7 Å². The van der Waals surface area contributed by atoms with Crippen molar-refractivity contribution in [2.75, 3.05) is 24.5 Å². The van der Waals surface area contributed by atoms with E-state index >= 15 is 0 Å². The first-order valence-corrected chi connectivity index (χ1v) is 10.7. The average molecular weight is 410 g/mol. The summed E-state index contributed by atoms with van der Waals surface area (Å²) in [4.78, 5) is 24.5. The fourth-order valence-corrected chi connectivity index (χ4v) is 4.56. The summed E-state index contributed by atoms with van der Waals surface area (Å²) in [6.45, 7) is 2.42. The van der Waals surface area contributed by atoms with E-state index < -0.39 is 0 Å². The zero-order valence-corrected chi connectivity index (χ0v) is 17.0. The van der Waals surface area contributed by atoms with E-state index in [2.05, 4.69) is 31.2 Å². The van der Waals surface area contributed by atoms with Crippen LogP contribution >= 0.6 is 0 Å². The Morgan fingerprint density at radius 1 is 1.19 bits per heavy atom. The first kappa shape index (κ1) is 18.2. The Morgan fingerprint density at radius 2 is 2.13 bits per heavy atom. The number of H-pyrrole nitrogens is 1. The van der Waals surface area contributed by atoms with Gasteiger partial charge in [-0.3, -0.25) is 4.98 Å². The molecule has 0 bridgehead atoms. The van der Waals surface area contributed by atoms with Crippen LogP contribution < -0.4 is 10.2 Å². The van der Waals surface area contributed by atoms with Gasteiger partial charge in [0.25, 0.3) is 0 Å². The van der Waals surface area contributed by atoms with E-state index in [-0.39, 0.29) is 6.04 Å². The van der Waals surface area contributed by atoms with E-state index in [1.54, 1.807) is 6.20 Å². The lowest BCUT2D eigenvalue weighted by Gasteiger charge is -2.34. The van der Waals surface area contributed by atoms with Crippen LogP contribution in [-0.2, 0) is 0 Å². The fourth-order valence-electron chi connectivity index (χ4n) is 4.56. The van der Waals surface area contributed by atoms with Gasteiger partial charge in [0.2, 0.25) is 0 Å². The maximum Gasteiger partial charge on any atom is 0.163 e. The molecule has 0 aromatic carbocycles. The third-order valence-corrected chi connectivity index (χ3v) is 6.23. The van der Waals surface area contributed by atoms with Crippen LogP contribution in [0.1, 0.15) is 30.7 Å². The molecule has 6 rings (SSSR count). The van der Waals surface area contributed by atoms with Crippen molar-refractivity contribution in [2.24, 2.45) is 0 Å². The second kappa shape index (κ2) is 7.29. The molecule has 1 saturated heterocycles. The van der Waals surface area contributed by atoms with Gasteiger partial charge >= 0.3 is 0 Å². The lowest BCUT2D eigenvalue weighted by atomic mass is 10.1. The third-order valence-electron chi connectivity index (χ3n) is 6.23. The Bertz CT molecular complexity index is 1320. The van der Waals surface area contributed by atoms with Crippen molar-refractivity contribution in [3.8, 4) is 17.5 Å². The maximum atomic E-state index is 9.19. The van der Waals surface area contributed by atoms with E-state index in [9.17, 15) is 5.26 Å². The van der Waals surface area contributed by atoms with Gasteiger partial charge in [0.1, 0.15) is 11.5 Å². The van der Waals surface area contributed by atoms with E-state index in [0.29, 0.717) is 18.2 Å². The van der Waals surface area contributed by atoms with Crippen LogP contribution in [0.2, 0.25) is 0 Å².